The topological polar surface area (TPSA) is 46.9 Å². The maximum absolute atomic E-state index is 12.7. The molecule has 0 aliphatic rings. The SMILES string of the molecule is Cc1ccc(C(=O)NCc2cn(-c3ccccc3)nc2-c2ccccc2)c(C)c1. The minimum atomic E-state index is -0.0750. The van der Waals surface area contributed by atoms with Crippen molar-refractivity contribution in [2.24, 2.45) is 0 Å². The number of benzene rings is 3. The van der Waals surface area contributed by atoms with Crippen molar-refractivity contribution >= 4 is 5.91 Å². The van der Waals surface area contributed by atoms with Crippen LogP contribution >= 0.6 is 0 Å². The summed E-state index contributed by atoms with van der Waals surface area (Å²) >= 11 is 0. The zero-order chi connectivity index (χ0) is 20.2. The first-order valence-electron chi connectivity index (χ1n) is 9.66. The Morgan fingerprint density at radius 2 is 1.62 bits per heavy atom. The minimum absolute atomic E-state index is 0.0750. The quantitative estimate of drug-likeness (QED) is 0.524. The molecule has 0 aliphatic carbocycles. The van der Waals surface area contributed by atoms with E-state index in [0.717, 1.165) is 33.6 Å². The van der Waals surface area contributed by atoms with Crippen molar-refractivity contribution in [1.29, 1.82) is 0 Å². The largest absolute Gasteiger partial charge is 0.348 e. The average Bonchev–Trinajstić information content (AvgIpc) is 3.18. The van der Waals surface area contributed by atoms with Crippen LogP contribution in [0.15, 0.2) is 85.1 Å². The van der Waals surface area contributed by atoms with E-state index in [-0.39, 0.29) is 5.91 Å². The molecular weight excluding hydrogens is 358 g/mol. The molecule has 29 heavy (non-hydrogen) atoms. The number of hydrogen-bond acceptors (Lipinski definition) is 2. The Morgan fingerprint density at radius 1 is 0.931 bits per heavy atom. The number of hydrogen-bond donors (Lipinski definition) is 1. The Bertz CT molecular complexity index is 1130. The number of nitrogens with one attached hydrogen (secondary N) is 1. The van der Waals surface area contributed by atoms with Gasteiger partial charge < -0.3 is 5.32 Å². The number of carbonyl (C=O) groups excluding carboxylic acids is 1. The molecule has 3 aromatic carbocycles. The maximum Gasteiger partial charge on any atom is 0.251 e. The molecule has 4 aromatic rings. The van der Waals surface area contributed by atoms with Crippen LogP contribution < -0.4 is 5.32 Å². The van der Waals surface area contributed by atoms with Crippen LogP contribution in [0, 0.1) is 13.8 Å². The second-order valence-corrected chi connectivity index (χ2v) is 7.15. The fraction of sp³-hybridized carbons (Fsp3) is 0.120. The smallest absolute Gasteiger partial charge is 0.251 e. The van der Waals surface area contributed by atoms with E-state index in [1.165, 1.54) is 0 Å². The Balaban J connectivity index is 1.63. The van der Waals surface area contributed by atoms with Gasteiger partial charge in [0.2, 0.25) is 0 Å². The van der Waals surface area contributed by atoms with Gasteiger partial charge in [0.05, 0.1) is 11.4 Å². The summed E-state index contributed by atoms with van der Waals surface area (Å²) in [5.41, 5.74) is 6.68. The summed E-state index contributed by atoms with van der Waals surface area (Å²) in [5.74, 6) is -0.0750. The molecule has 0 aliphatic heterocycles. The molecule has 0 bridgehead atoms. The second kappa shape index (κ2) is 8.15. The van der Waals surface area contributed by atoms with E-state index in [9.17, 15) is 4.79 Å². The van der Waals surface area contributed by atoms with Crippen molar-refractivity contribution < 1.29 is 4.79 Å². The van der Waals surface area contributed by atoms with Crippen LogP contribution in [0.1, 0.15) is 27.0 Å². The lowest BCUT2D eigenvalue weighted by Gasteiger charge is -2.08. The number of rotatable bonds is 5. The van der Waals surface area contributed by atoms with Crippen molar-refractivity contribution in [1.82, 2.24) is 15.1 Å². The summed E-state index contributed by atoms with van der Waals surface area (Å²) in [7, 11) is 0. The fourth-order valence-electron chi connectivity index (χ4n) is 3.43. The van der Waals surface area contributed by atoms with Gasteiger partial charge in [0.25, 0.3) is 5.91 Å². The van der Waals surface area contributed by atoms with Gasteiger partial charge in [-0.3, -0.25) is 4.79 Å². The van der Waals surface area contributed by atoms with E-state index in [4.69, 9.17) is 5.10 Å². The van der Waals surface area contributed by atoms with Crippen LogP contribution in [0.2, 0.25) is 0 Å². The zero-order valence-corrected chi connectivity index (χ0v) is 16.6. The molecule has 1 amide bonds. The number of carbonyl (C=O) groups is 1. The minimum Gasteiger partial charge on any atom is -0.348 e. The normalized spacial score (nSPS) is 10.7. The first-order chi connectivity index (χ1) is 14.1. The van der Waals surface area contributed by atoms with Crippen molar-refractivity contribution in [3.63, 3.8) is 0 Å². The third-order valence-corrected chi connectivity index (χ3v) is 4.92. The van der Waals surface area contributed by atoms with E-state index < -0.39 is 0 Å². The number of aromatic nitrogens is 2. The van der Waals surface area contributed by atoms with E-state index in [2.05, 4.69) is 5.32 Å². The highest BCUT2D eigenvalue weighted by molar-refractivity contribution is 5.95. The van der Waals surface area contributed by atoms with Gasteiger partial charge in [0, 0.05) is 29.4 Å². The van der Waals surface area contributed by atoms with Crippen LogP contribution in [0.5, 0.6) is 0 Å². The molecular formula is C25H23N3O. The number of aryl methyl sites for hydroxylation is 2. The molecule has 0 atom stereocenters. The van der Waals surface area contributed by atoms with Gasteiger partial charge in [-0.2, -0.15) is 5.10 Å². The molecule has 0 unspecified atom stereocenters. The summed E-state index contributed by atoms with van der Waals surface area (Å²) < 4.78 is 1.86. The lowest BCUT2D eigenvalue weighted by molar-refractivity contribution is 0.0950. The van der Waals surface area contributed by atoms with Gasteiger partial charge in [0.1, 0.15) is 0 Å². The van der Waals surface area contributed by atoms with Crippen LogP contribution in [0.4, 0.5) is 0 Å². The van der Waals surface area contributed by atoms with E-state index >= 15 is 0 Å². The molecule has 4 heteroatoms. The molecule has 0 saturated heterocycles. The third kappa shape index (κ3) is 4.11. The molecule has 1 heterocycles. The van der Waals surface area contributed by atoms with E-state index in [1.807, 2.05) is 104 Å². The standard InChI is InChI=1S/C25H23N3O/c1-18-13-14-23(19(2)15-18)25(29)26-16-21-17-28(22-11-7-4-8-12-22)27-24(21)20-9-5-3-6-10-20/h3-15,17H,16H2,1-2H3,(H,26,29). The first-order valence-corrected chi connectivity index (χ1v) is 9.66. The van der Waals surface area contributed by atoms with Crippen molar-refractivity contribution in [3.05, 3.63) is 107 Å². The number of nitrogens with zero attached hydrogens (tertiary/aromatic N) is 2. The predicted octanol–water partition coefficient (Wildman–Crippen LogP) is 5.09. The molecule has 4 rings (SSSR count). The van der Waals surface area contributed by atoms with Crippen molar-refractivity contribution in [3.8, 4) is 16.9 Å². The van der Waals surface area contributed by atoms with Gasteiger partial charge in [0.15, 0.2) is 0 Å². The zero-order valence-electron chi connectivity index (χ0n) is 16.6. The van der Waals surface area contributed by atoms with Gasteiger partial charge in [-0.15, -0.1) is 0 Å². The van der Waals surface area contributed by atoms with Crippen molar-refractivity contribution in [2.45, 2.75) is 20.4 Å². The summed E-state index contributed by atoms with van der Waals surface area (Å²) in [4.78, 5) is 12.7. The van der Waals surface area contributed by atoms with E-state index in [1.54, 1.807) is 0 Å². The summed E-state index contributed by atoms with van der Waals surface area (Å²) in [6.07, 6.45) is 1.99. The van der Waals surface area contributed by atoms with Crippen LogP contribution in [0.3, 0.4) is 0 Å². The molecule has 1 N–H and O–H groups in total. The summed E-state index contributed by atoms with van der Waals surface area (Å²) in [6.45, 7) is 4.40. The Morgan fingerprint density at radius 3 is 2.31 bits per heavy atom. The monoisotopic (exact) mass is 381 g/mol. The molecule has 0 spiro atoms. The Kier molecular flexibility index (Phi) is 5.25. The second-order valence-electron chi connectivity index (χ2n) is 7.15. The first kappa shape index (κ1) is 18.7. The molecule has 0 fully saturated rings. The lowest BCUT2D eigenvalue weighted by Crippen LogP contribution is -2.23. The average molecular weight is 381 g/mol. The van der Waals surface area contributed by atoms with Gasteiger partial charge in [-0.1, -0.05) is 66.2 Å². The summed E-state index contributed by atoms with van der Waals surface area (Å²) in [5, 5.41) is 7.85. The van der Waals surface area contributed by atoms with Crippen LogP contribution in [-0.2, 0) is 6.54 Å². The van der Waals surface area contributed by atoms with E-state index in [0.29, 0.717) is 12.1 Å². The van der Waals surface area contributed by atoms with Gasteiger partial charge >= 0.3 is 0 Å². The van der Waals surface area contributed by atoms with Crippen molar-refractivity contribution in [2.75, 3.05) is 0 Å². The van der Waals surface area contributed by atoms with Gasteiger partial charge in [-0.25, -0.2) is 4.68 Å². The molecule has 4 nitrogen and oxygen atoms in total. The van der Waals surface area contributed by atoms with Crippen LogP contribution in [-0.4, -0.2) is 15.7 Å². The highest BCUT2D eigenvalue weighted by Crippen LogP contribution is 2.23. The molecule has 1 aromatic heterocycles. The van der Waals surface area contributed by atoms with Gasteiger partial charge in [-0.05, 0) is 37.6 Å². The number of amides is 1. The molecule has 0 radical (unpaired) electrons. The maximum atomic E-state index is 12.7. The number of para-hydroxylation sites is 1. The Hall–Kier alpha value is -3.66. The third-order valence-electron chi connectivity index (χ3n) is 4.92. The highest BCUT2D eigenvalue weighted by Gasteiger charge is 2.14. The fourth-order valence-corrected chi connectivity index (χ4v) is 3.43. The van der Waals surface area contributed by atoms with Crippen LogP contribution in [0.25, 0.3) is 16.9 Å². The summed E-state index contributed by atoms with van der Waals surface area (Å²) in [6, 6.07) is 25.9. The predicted molar refractivity (Wildman–Crippen MR) is 116 cm³/mol. The molecule has 0 saturated carbocycles. The lowest BCUT2D eigenvalue weighted by atomic mass is 10.0. The molecule has 144 valence electrons. The highest BCUT2D eigenvalue weighted by atomic mass is 16.1. The Labute approximate surface area is 170 Å².